The highest BCUT2D eigenvalue weighted by Crippen LogP contribution is 2.19. The first-order valence-corrected chi connectivity index (χ1v) is 3.89. The van der Waals surface area contributed by atoms with Crippen molar-refractivity contribution in [1.29, 1.82) is 0 Å². The molecule has 0 saturated carbocycles. The lowest BCUT2D eigenvalue weighted by molar-refractivity contribution is 0.437. The Labute approximate surface area is 61.1 Å². The Bertz CT molecular complexity index is 164. The average Bonchev–Trinajstić information content (AvgIpc) is 2.44. The minimum Gasteiger partial charge on any atom is -0.354 e. The molecule has 0 aliphatic carbocycles. The van der Waals surface area contributed by atoms with Crippen molar-refractivity contribution >= 4 is 5.96 Å². The molecular weight excluding hydrogens is 126 g/mol. The molecule has 2 fully saturated rings. The molecule has 2 rings (SSSR count). The molecule has 1 N–H and O–H groups in total. The second kappa shape index (κ2) is 2.15. The number of nitrogens with one attached hydrogen (secondary N) is 1. The fraction of sp³-hybridized carbons (Fsp3) is 0.857. The van der Waals surface area contributed by atoms with Gasteiger partial charge in [0.15, 0.2) is 5.96 Å². The zero-order valence-corrected chi connectivity index (χ0v) is 6.30. The second-order valence-electron chi connectivity index (χ2n) is 2.92. The Morgan fingerprint density at radius 2 is 2.60 bits per heavy atom. The zero-order valence-electron chi connectivity index (χ0n) is 6.30. The summed E-state index contributed by atoms with van der Waals surface area (Å²) >= 11 is 0. The van der Waals surface area contributed by atoms with Crippen LogP contribution in [0.15, 0.2) is 4.99 Å². The first-order valence-electron chi connectivity index (χ1n) is 3.89. The maximum Gasteiger partial charge on any atom is 0.194 e. The topological polar surface area (TPSA) is 27.6 Å². The van der Waals surface area contributed by atoms with E-state index in [9.17, 15) is 0 Å². The van der Waals surface area contributed by atoms with Crippen LogP contribution in [-0.2, 0) is 0 Å². The van der Waals surface area contributed by atoms with Crippen molar-refractivity contribution in [2.45, 2.75) is 18.9 Å². The van der Waals surface area contributed by atoms with Crippen LogP contribution >= 0.6 is 0 Å². The molecule has 0 aromatic rings. The maximum atomic E-state index is 4.16. The molecule has 1 atom stereocenters. The molecule has 2 aliphatic rings. The third-order valence-electron chi connectivity index (χ3n) is 2.36. The van der Waals surface area contributed by atoms with Gasteiger partial charge >= 0.3 is 0 Å². The molecule has 0 aromatic carbocycles. The van der Waals surface area contributed by atoms with Gasteiger partial charge in [-0.3, -0.25) is 4.99 Å². The highest BCUT2D eigenvalue weighted by atomic mass is 15.4. The Morgan fingerprint density at radius 1 is 1.70 bits per heavy atom. The van der Waals surface area contributed by atoms with Crippen LogP contribution in [0.5, 0.6) is 0 Å². The molecule has 0 aromatic heterocycles. The molecule has 0 amide bonds. The Hall–Kier alpha value is -0.730. The smallest absolute Gasteiger partial charge is 0.194 e. The molecule has 0 bridgehead atoms. The van der Waals surface area contributed by atoms with Crippen molar-refractivity contribution < 1.29 is 0 Å². The van der Waals surface area contributed by atoms with Crippen LogP contribution in [0.25, 0.3) is 0 Å². The molecule has 2 heterocycles. The van der Waals surface area contributed by atoms with Crippen LogP contribution in [0.1, 0.15) is 12.8 Å². The van der Waals surface area contributed by atoms with E-state index in [1.165, 1.54) is 19.4 Å². The van der Waals surface area contributed by atoms with E-state index in [1.54, 1.807) is 0 Å². The van der Waals surface area contributed by atoms with Gasteiger partial charge in [0.25, 0.3) is 0 Å². The van der Waals surface area contributed by atoms with Gasteiger partial charge in [-0.1, -0.05) is 0 Å². The monoisotopic (exact) mass is 139 g/mol. The lowest BCUT2D eigenvalue weighted by Crippen LogP contribution is -2.30. The number of aliphatic imine (C=N–C) groups is 1. The van der Waals surface area contributed by atoms with Crippen molar-refractivity contribution in [3.8, 4) is 0 Å². The summed E-state index contributed by atoms with van der Waals surface area (Å²) in [7, 11) is 1.85. The van der Waals surface area contributed by atoms with E-state index >= 15 is 0 Å². The van der Waals surface area contributed by atoms with Crippen molar-refractivity contribution in [3.05, 3.63) is 0 Å². The lowest BCUT2D eigenvalue weighted by Gasteiger charge is -2.14. The molecule has 10 heavy (non-hydrogen) atoms. The molecule has 2 aliphatic heterocycles. The average molecular weight is 139 g/mol. The van der Waals surface area contributed by atoms with E-state index in [1.807, 2.05) is 7.05 Å². The molecule has 0 radical (unpaired) electrons. The third kappa shape index (κ3) is 0.696. The van der Waals surface area contributed by atoms with Crippen molar-refractivity contribution in [3.63, 3.8) is 0 Å². The van der Waals surface area contributed by atoms with E-state index in [4.69, 9.17) is 0 Å². The van der Waals surface area contributed by atoms with Gasteiger partial charge in [0.2, 0.25) is 0 Å². The van der Waals surface area contributed by atoms with Gasteiger partial charge in [0.1, 0.15) is 0 Å². The van der Waals surface area contributed by atoms with E-state index in [0.717, 1.165) is 18.5 Å². The molecule has 3 heteroatoms. The standard InChI is InChI=1S/C7H13N3/c1-8-7-9-5-6-3-2-4-10(6)7/h6H,2-5H2,1H3,(H,8,9). The summed E-state index contributed by atoms with van der Waals surface area (Å²) < 4.78 is 0. The Balaban J connectivity index is 2.15. The van der Waals surface area contributed by atoms with Crippen molar-refractivity contribution in [2.75, 3.05) is 20.1 Å². The molecular formula is C7H13N3. The first kappa shape index (κ1) is 6.01. The molecule has 0 spiro atoms. The first-order chi connectivity index (χ1) is 4.92. The maximum absolute atomic E-state index is 4.16. The summed E-state index contributed by atoms with van der Waals surface area (Å²) in [5, 5.41) is 3.28. The quantitative estimate of drug-likeness (QED) is 0.513. The van der Waals surface area contributed by atoms with Crippen LogP contribution in [0, 0.1) is 0 Å². The molecule has 3 nitrogen and oxygen atoms in total. The zero-order chi connectivity index (χ0) is 6.97. The van der Waals surface area contributed by atoms with Gasteiger partial charge in [-0.15, -0.1) is 0 Å². The number of guanidine groups is 1. The van der Waals surface area contributed by atoms with Crippen LogP contribution in [0.4, 0.5) is 0 Å². The van der Waals surface area contributed by atoms with Gasteiger partial charge in [0, 0.05) is 26.2 Å². The van der Waals surface area contributed by atoms with Crippen molar-refractivity contribution in [1.82, 2.24) is 10.2 Å². The van der Waals surface area contributed by atoms with Gasteiger partial charge in [-0.25, -0.2) is 0 Å². The Morgan fingerprint density at radius 3 is 3.40 bits per heavy atom. The van der Waals surface area contributed by atoms with E-state index < -0.39 is 0 Å². The van der Waals surface area contributed by atoms with Crippen LogP contribution < -0.4 is 5.32 Å². The lowest BCUT2D eigenvalue weighted by atomic mass is 10.2. The van der Waals surface area contributed by atoms with Crippen LogP contribution in [0.2, 0.25) is 0 Å². The summed E-state index contributed by atoms with van der Waals surface area (Å²) in [6, 6.07) is 0.749. The highest BCUT2D eigenvalue weighted by molar-refractivity contribution is 5.82. The normalized spacial score (nSPS) is 34.7. The predicted octanol–water partition coefficient (Wildman–Crippen LogP) is 0.0398. The number of fused-ring (bicyclic) bond motifs is 1. The minimum atomic E-state index is 0.749. The summed E-state index contributed by atoms with van der Waals surface area (Å²) in [4.78, 5) is 6.54. The van der Waals surface area contributed by atoms with E-state index in [0.29, 0.717) is 0 Å². The number of hydrogen-bond acceptors (Lipinski definition) is 1. The van der Waals surface area contributed by atoms with Gasteiger partial charge in [-0.2, -0.15) is 0 Å². The molecule has 1 unspecified atom stereocenters. The summed E-state index contributed by atoms with van der Waals surface area (Å²) in [6.07, 6.45) is 2.68. The van der Waals surface area contributed by atoms with Gasteiger partial charge in [-0.05, 0) is 12.8 Å². The van der Waals surface area contributed by atoms with E-state index in [-0.39, 0.29) is 0 Å². The predicted molar refractivity (Wildman–Crippen MR) is 41.1 cm³/mol. The summed E-state index contributed by atoms with van der Waals surface area (Å²) in [6.45, 7) is 2.30. The fourth-order valence-electron chi connectivity index (χ4n) is 1.84. The minimum absolute atomic E-state index is 0.749. The highest BCUT2D eigenvalue weighted by Gasteiger charge is 2.32. The number of nitrogens with zero attached hydrogens (tertiary/aromatic N) is 2. The summed E-state index contributed by atoms with van der Waals surface area (Å²) in [5.74, 6) is 1.10. The SMILES string of the molecule is CN=C1NCC2CCCN12. The second-order valence-corrected chi connectivity index (χ2v) is 2.92. The van der Waals surface area contributed by atoms with Crippen LogP contribution in [0.3, 0.4) is 0 Å². The number of rotatable bonds is 0. The Kier molecular flexibility index (Phi) is 1.29. The molecule has 2 saturated heterocycles. The van der Waals surface area contributed by atoms with Crippen LogP contribution in [-0.4, -0.2) is 37.0 Å². The van der Waals surface area contributed by atoms with Crippen molar-refractivity contribution in [2.24, 2.45) is 4.99 Å². The van der Waals surface area contributed by atoms with Gasteiger partial charge in [0.05, 0.1) is 0 Å². The third-order valence-corrected chi connectivity index (χ3v) is 2.36. The fourth-order valence-corrected chi connectivity index (χ4v) is 1.84. The summed E-state index contributed by atoms with van der Waals surface area (Å²) in [5.41, 5.74) is 0. The molecule has 56 valence electrons. The largest absolute Gasteiger partial charge is 0.354 e. The number of hydrogen-bond donors (Lipinski definition) is 1. The van der Waals surface area contributed by atoms with Gasteiger partial charge < -0.3 is 10.2 Å². The van der Waals surface area contributed by atoms with E-state index in [2.05, 4.69) is 15.2 Å².